The maximum absolute atomic E-state index is 13.1. The van der Waals surface area contributed by atoms with Gasteiger partial charge in [0.25, 0.3) is 17.9 Å². The van der Waals surface area contributed by atoms with Crippen LogP contribution in [0.25, 0.3) is 0 Å². The SMILES string of the molecule is CCC(=O)O[Si](CCCc1cc(C(F)(F)F)cc(C(F)(F)F)c1)(OC(=O)CC)OC(=O)CC. The van der Waals surface area contributed by atoms with Gasteiger partial charge in [-0.3, -0.25) is 14.4 Å². The predicted octanol–water partition coefficient (Wildman–Crippen LogP) is 5.46. The van der Waals surface area contributed by atoms with Gasteiger partial charge in [-0.05, 0) is 36.6 Å². The van der Waals surface area contributed by atoms with Crippen molar-refractivity contribution in [1.29, 1.82) is 0 Å². The molecule has 0 N–H and O–H groups in total. The van der Waals surface area contributed by atoms with Crippen molar-refractivity contribution < 1.29 is 54.0 Å². The second-order valence-electron chi connectivity index (χ2n) is 6.93. The molecule has 13 heteroatoms. The number of alkyl halides is 6. The highest BCUT2D eigenvalue weighted by atomic mass is 28.4. The summed E-state index contributed by atoms with van der Waals surface area (Å²) < 4.78 is 93.9. The van der Waals surface area contributed by atoms with Crippen LogP contribution in [-0.2, 0) is 46.4 Å². The van der Waals surface area contributed by atoms with Crippen LogP contribution in [0.15, 0.2) is 18.2 Å². The van der Waals surface area contributed by atoms with Gasteiger partial charge in [-0.2, -0.15) is 26.3 Å². The fourth-order valence-corrected chi connectivity index (χ4v) is 5.14. The highest BCUT2D eigenvalue weighted by Gasteiger charge is 2.52. The van der Waals surface area contributed by atoms with Crippen molar-refractivity contribution in [3.63, 3.8) is 0 Å². The lowest BCUT2D eigenvalue weighted by molar-refractivity contribution is -0.151. The molecule has 0 aliphatic carbocycles. The van der Waals surface area contributed by atoms with Gasteiger partial charge in [0.1, 0.15) is 0 Å². The second kappa shape index (κ2) is 11.5. The highest BCUT2D eigenvalue weighted by Crippen LogP contribution is 2.36. The van der Waals surface area contributed by atoms with E-state index in [1.807, 2.05) is 0 Å². The minimum absolute atomic E-state index is 0.0115. The molecule has 0 bridgehead atoms. The van der Waals surface area contributed by atoms with Gasteiger partial charge < -0.3 is 13.3 Å². The molecule has 0 atom stereocenters. The van der Waals surface area contributed by atoms with Crippen LogP contribution in [0.4, 0.5) is 26.3 Å². The summed E-state index contributed by atoms with van der Waals surface area (Å²) in [7, 11) is -4.30. The first-order valence-electron chi connectivity index (χ1n) is 10.1. The fraction of sp³-hybridized carbons (Fsp3) is 0.550. The smallest absolute Gasteiger partial charge is 0.455 e. The molecule has 0 amide bonds. The summed E-state index contributed by atoms with van der Waals surface area (Å²) in [4.78, 5) is 35.7. The third-order valence-corrected chi connectivity index (χ3v) is 6.85. The summed E-state index contributed by atoms with van der Waals surface area (Å²) in [5, 5.41) is 0. The molecular formula is C20H24F6O6Si. The summed E-state index contributed by atoms with van der Waals surface area (Å²) >= 11 is 0. The van der Waals surface area contributed by atoms with E-state index in [1.165, 1.54) is 20.8 Å². The average molecular weight is 502 g/mol. The quantitative estimate of drug-likeness (QED) is 0.313. The lowest BCUT2D eigenvalue weighted by Gasteiger charge is -2.27. The molecule has 0 aliphatic heterocycles. The van der Waals surface area contributed by atoms with E-state index >= 15 is 0 Å². The molecule has 1 aromatic carbocycles. The van der Waals surface area contributed by atoms with Gasteiger partial charge in [0.05, 0.1) is 17.2 Å². The number of aryl methyl sites for hydroxylation is 1. The van der Waals surface area contributed by atoms with Crippen LogP contribution in [0.2, 0.25) is 6.04 Å². The molecule has 0 heterocycles. The summed E-state index contributed by atoms with van der Waals surface area (Å²) in [6.07, 6.45) is -11.0. The average Bonchev–Trinajstić information content (AvgIpc) is 2.71. The lowest BCUT2D eigenvalue weighted by Crippen LogP contribution is -2.50. The first-order valence-corrected chi connectivity index (χ1v) is 12.0. The third-order valence-electron chi connectivity index (χ3n) is 4.27. The Bertz CT molecular complexity index is 775. The largest absolute Gasteiger partial charge is 0.705 e. The molecule has 0 aromatic heterocycles. The Balaban J connectivity index is 3.24. The van der Waals surface area contributed by atoms with Gasteiger partial charge >= 0.3 is 21.2 Å². The first kappa shape index (κ1) is 28.5. The zero-order valence-electron chi connectivity index (χ0n) is 18.2. The monoisotopic (exact) mass is 502 g/mol. The molecule has 33 heavy (non-hydrogen) atoms. The Morgan fingerprint density at radius 3 is 1.39 bits per heavy atom. The molecule has 0 aliphatic rings. The van der Waals surface area contributed by atoms with E-state index in [0.717, 1.165) is 0 Å². The Hall–Kier alpha value is -2.57. The van der Waals surface area contributed by atoms with E-state index in [0.29, 0.717) is 12.1 Å². The summed E-state index contributed by atoms with van der Waals surface area (Å²) in [5.41, 5.74) is -3.23. The van der Waals surface area contributed by atoms with E-state index in [9.17, 15) is 40.7 Å². The van der Waals surface area contributed by atoms with Gasteiger partial charge in [-0.1, -0.05) is 20.8 Å². The maximum Gasteiger partial charge on any atom is 0.705 e. The molecule has 0 unspecified atom stereocenters. The molecule has 0 fully saturated rings. The lowest BCUT2D eigenvalue weighted by atomic mass is 10.0. The third kappa shape index (κ3) is 9.06. The van der Waals surface area contributed by atoms with Crippen LogP contribution >= 0.6 is 0 Å². The van der Waals surface area contributed by atoms with Crippen molar-refractivity contribution in [3.05, 3.63) is 34.9 Å². The van der Waals surface area contributed by atoms with Crippen molar-refractivity contribution in [3.8, 4) is 0 Å². The number of benzene rings is 1. The summed E-state index contributed by atoms with van der Waals surface area (Å²) in [6, 6.07) is 0.796. The van der Waals surface area contributed by atoms with E-state index in [1.54, 1.807) is 0 Å². The van der Waals surface area contributed by atoms with Crippen molar-refractivity contribution in [2.45, 2.75) is 71.3 Å². The standard InChI is InChI=1S/C20H24F6O6Si/c1-4-16(27)30-33(31-17(28)5-2,32-18(29)6-3)9-7-8-13-10-14(19(21,22)23)12-15(11-13)20(24,25)26/h10-12H,4-9H2,1-3H3. The van der Waals surface area contributed by atoms with E-state index in [-0.39, 0.29) is 49.8 Å². The van der Waals surface area contributed by atoms with Crippen LogP contribution < -0.4 is 0 Å². The summed E-state index contributed by atoms with van der Waals surface area (Å²) in [5.74, 6) is -2.52. The van der Waals surface area contributed by atoms with Crippen LogP contribution in [0, 0.1) is 0 Å². The predicted molar refractivity (Wildman–Crippen MR) is 104 cm³/mol. The van der Waals surface area contributed by atoms with Crippen molar-refractivity contribution in [2.75, 3.05) is 0 Å². The number of hydrogen-bond acceptors (Lipinski definition) is 6. The normalized spacial score (nSPS) is 12.3. The molecule has 6 nitrogen and oxygen atoms in total. The zero-order valence-corrected chi connectivity index (χ0v) is 19.2. The van der Waals surface area contributed by atoms with Crippen molar-refractivity contribution >= 4 is 26.7 Å². The van der Waals surface area contributed by atoms with Crippen LogP contribution in [-0.4, -0.2) is 26.7 Å². The molecule has 0 saturated carbocycles. The number of carbonyl (C=O) groups excluding carboxylic acids is 3. The van der Waals surface area contributed by atoms with E-state index in [2.05, 4.69) is 0 Å². The van der Waals surface area contributed by atoms with Crippen molar-refractivity contribution in [2.24, 2.45) is 0 Å². The van der Waals surface area contributed by atoms with Crippen LogP contribution in [0.5, 0.6) is 0 Å². The molecule has 1 rings (SSSR count). The minimum atomic E-state index is -5.00. The molecule has 186 valence electrons. The minimum Gasteiger partial charge on any atom is -0.455 e. The molecule has 0 radical (unpaired) electrons. The number of rotatable bonds is 10. The Morgan fingerprint density at radius 2 is 1.09 bits per heavy atom. The number of halogens is 6. The van der Waals surface area contributed by atoms with Crippen LogP contribution in [0.3, 0.4) is 0 Å². The number of carbonyl (C=O) groups is 3. The molecule has 1 aromatic rings. The van der Waals surface area contributed by atoms with Crippen molar-refractivity contribution in [1.82, 2.24) is 0 Å². The van der Waals surface area contributed by atoms with E-state index < -0.39 is 50.2 Å². The van der Waals surface area contributed by atoms with Gasteiger partial charge in [0.2, 0.25) is 0 Å². The highest BCUT2D eigenvalue weighted by molar-refractivity contribution is 6.65. The van der Waals surface area contributed by atoms with E-state index in [4.69, 9.17) is 13.3 Å². The summed E-state index contributed by atoms with van der Waals surface area (Å²) in [6.45, 7) is 4.31. The zero-order chi connectivity index (χ0) is 25.4. The van der Waals surface area contributed by atoms with Gasteiger partial charge in [-0.25, -0.2) is 0 Å². The Kier molecular flexibility index (Phi) is 9.94. The van der Waals surface area contributed by atoms with Gasteiger partial charge in [0.15, 0.2) is 0 Å². The molecule has 0 saturated heterocycles. The first-order chi connectivity index (χ1) is 15.2. The van der Waals surface area contributed by atoms with Crippen LogP contribution in [0.1, 0.15) is 63.1 Å². The fourth-order valence-electron chi connectivity index (χ4n) is 2.63. The Labute approximate surface area is 187 Å². The second-order valence-corrected chi connectivity index (χ2v) is 9.41. The molecule has 0 spiro atoms. The van der Waals surface area contributed by atoms with Gasteiger partial charge in [0, 0.05) is 19.3 Å². The number of hydrogen-bond donors (Lipinski definition) is 0. The molecular weight excluding hydrogens is 478 g/mol. The van der Waals surface area contributed by atoms with Gasteiger partial charge in [-0.15, -0.1) is 0 Å². The topological polar surface area (TPSA) is 78.9 Å². The Morgan fingerprint density at radius 1 is 0.727 bits per heavy atom. The maximum atomic E-state index is 13.1.